The number of alkyl halides is 9. The molecule has 0 bridgehead atoms. The second kappa shape index (κ2) is 32.5. The number of rotatable bonds is 16. The van der Waals surface area contributed by atoms with Crippen molar-refractivity contribution in [3.63, 3.8) is 0 Å². The zero-order valence-electron chi connectivity index (χ0n) is 49.6. The number of nitrogens with two attached hydrogens (primary N) is 1. The number of hydrogen-bond acceptors (Lipinski definition) is 17. The van der Waals surface area contributed by atoms with E-state index in [-0.39, 0.29) is 37.8 Å². The first-order valence-corrected chi connectivity index (χ1v) is 31.9. The van der Waals surface area contributed by atoms with Crippen LogP contribution in [0.5, 0.6) is 0 Å². The molecule has 1 heterocycles. The zero-order chi connectivity index (χ0) is 71.3. The van der Waals surface area contributed by atoms with E-state index in [0.717, 1.165) is 42.5 Å². The van der Waals surface area contributed by atoms with Crippen LogP contribution < -0.4 is 47.5 Å². The average Bonchev–Trinajstić information content (AvgIpc) is 1.09. The number of hydrazine groups is 2. The quantitative estimate of drug-likeness (QED) is 0.0108. The smallest absolute Gasteiger partial charge is 0.403 e. The molecule has 10 aromatic rings. The van der Waals surface area contributed by atoms with Gasteiger partial charge in [0.05, 0.1) is 65.1 Å². The number of para-hydroxylation sites is 3. The standard InChI is InChI=1S/C21H17F3N4O4S.C21H15F3N4O3S.C14H12F3N3O.C7H5NO3S/c22-21(23,24)14-10-12-15(13-11-14)25-18-9-5-4-8-17(18)19(29)26-27-20(30)28-33(31,32)16-6-2-1-3-7-16;22-21(23,24)14-10-12-15(13-11-14)25-18-9-5-4-8-17(18)19-26-27-20(31-19)28-32(29,30)16-6-2-1-3-7-16;15-14(16,17)9-5-7-10(8-6-9)19-12-4-2-1-3-11(12)13(21)20-18;9-6-8-12(10,11)7-4-2-1-3-5-7/h1-13,25H,(H,26,29)(H2,27,28,30);1-13,25H,(H,27,28);1-8,19H,18H2,(H,20,21);1-5H. The van der Waals surface area contributed by atoms with Crippen LogP contribution >= 0.6 is 0 Å². The van der Waals surface area contributed by atoms with Gasteiger partial charge in [0.25, 0.3) is 53.9 Å². The molecule has 1 aromatic heterocycles. The molecule has 0 aliphatic carbocycles. The number of carbonyl (C=O) groups is 3. The van der Waals surface area contributed by atoms with Gasteiger partial charge in [-0.25, -0.2) is 47.1 Å². The Morgan fingerprint density at radius 3 is 1.21 bits per heavy atom. The monoisotopic (exact) mass is 1420 g/mol. The summed E-state index contributed by atoms with van der Waals surface area (Å²) in [6.45, 7) is 0. The van der Waals surface area contributed by atoms with Gasteiger partial charge in [-0.05, 0) is 146 Å². The highest BCUT2D eigenvalue weighted by Crippen LogP contribution is 2.35. The summed E-state index contributed by atoms with van der Waals surface area (Å²) in [6.07, 6.45) is -12.3. The first-order valence-electron chi connectivity index (χ1n) is 27.5. The van der Waals surface area contributed by atoms with Gasteiger partial charge in [0.1, 0.15) is 0 Å². The third-order valence-electron chi connectivity index (χ3n) is 12.6. The summed E-state index contributed by atoms with van der Waals surface area (Å²) in [6, 6.07) is 53.3. The lowest BCUT2D eigenvalue weighted by molar-refractivity contribution is -0.138. The van der Waals surface area contributed by atoms with Gasteiger partial charge >= 0.3 is 30.6 Å². The van der Waals surface area contributed by atoms with Gasteiger partial charge in [-0.1, -0.05) is 100 Å². The van der Waals surface area contributed by atoms with E-state index < -0.39 is 83.1 Å². The van der Waals surface area contributed by atoms with Crippen LogP contribution in [0, 0.1) is 0 Å². The van der Waals surface area contributed by atoms with Crippen LogP contribution in [0.15, 0.2) is 260 Å². The van der Waals surface area contributed by atoms with E-state index >= 15 is 0 Å². The van der Waals surface area contributed by atoms with Crippen molar-refractivity contribution < 1.29 is 88.4 Å². The van der Waals surface area contributed by atoms with Gasteiger partial charge in [0.15, 0.2) is 0 Å². The minimum atomic E-state index is -4.48. The molecule has 35 heteroatoms. The Balaban J connectivity index is 0.000000194. The fraction of sp³-hybridized carbons (Fsp3) is 0.0476. The molecule has 0 aliphatic rings. The summed E-state index contributed by atoms with van der Waals surface area (Å²) in [5.41, 5.74) is 6.79. The van der Waals surface area contributed by atoms with E-state index in [1.54, 1.807) is 102 Å². The Hall–Kier alpha value is -11.9. The molecule has 9 aromatic carbocycles. The molecule has 10 rings (SSSR count). The maximum absolute atomic E-state index is 12.8. The fourth-order valence-corrected chi connectivity index (χ4v) is 10.5. The van der Waals surface area contributed by atoms with Gasteiger partial charge in [0.2, 0.25) is 0 Å². The third-order valence-corrected chi connectivity index (χ3v) is 16.4. The summed E-state index contributed by atoms with van der Waals surface area (Å²) in [7, 11) is -11.9. The van der Waals surface area contributed by atoms with Crippen molar-refractivity contribution in [2.24, 2.45) is 10.2 Å². The molecule has 0 unspecified atom stereocenters. The number of sulfonamides is 3. The van der Waals surface area contributed by atoms with Crippen LogP contribution in [0.3, 0.4) is 0 Å². The molecule has 4 amide bonds. The molecule has 0 atom stereocenters. The lowest BCUT2D eigenvalue weighted by Crippen LogP contribution is -2.48. The number of anilines is 7. The van der Waals surface area contributed by atoms with Crippen LogP contribution in [-0.2, 0) is 53.4 Å². The maximum atomic E-state index is 12.8. The molecule has 23 nitrogen and oxygen atoms in total. The molecule has 0 saturated carbocycles. The van der Waals surface area contributed by atoms with Gasteiger partial charge in [-0.2, -0.15) is 47.9 Å². The molecular formula is C63H49F9N12O11S3. The lowest BCUT2D eigenvalue weighted by Gasteiger charge is -2.14. The minimum absolute atomic E-state index is 0.00616. The van der Waals surface area contributed by atoms with Crippen molar-refractivity contribution >= 4 is 94.1 Å². The minimum Gasteiger partial charge on any atom is -0.403 e. The number of benzene rings is 9. The SMILES string of the molecule is NNC(=O)c1ccccc1Nc1ccc(C(F)(F)F)cc1.O=C(NNC(=O)c1ccccc1Nc1ccc(C(F)(F)F)cc1)NS(=O)(=O)c1ccccc1.O=C=NS(=O)(=O)c1ccccc1.O=S(=O)(Nc1nnc(-c2ccccc2Nc2ccc(C(F)(F)F)cc2)o1)c1ccccc1. The Labute approximate surface area is 551 Å². The second-order valence-electron chi connectivity index (χ2n) is 19.3. The zero-order valence-corrected chi connectivity index (χ0v) is 52.0. The first kappa shape index (κ1) is 73.5. The number of amides is 4. The fourth-order valence-electron chi connectivity index (χ4n) is 7.96. The average molecular weight is 1420 g/mol. The predicted molar refractivity (Wildman–Crippen MR) is 340 cm³/mol. The van der Waals surface area contributed by atoms with Crippen LogP contribution in [0.1, 0.15) is 37.4 Å². The highest BCUT2D eigenvalue weighted by Gasteiger charge is 2.32. The molecule has 0 spiro atoms. The van der Waals surface area contributed by atoms with E-state index in [2.05, 4.69) is 40.7 Å². The van der Waals surface area contributed by atoms with Crippen molar-refractivity contribution in [2.75, 3.05) is 20.7 Å². The van der Waals surface area contributed by atoms with E-state index in [4.69, 9.17) is 10.3 Å². The van der Waals surface area contributed by atoms with Crippen molar-refractivity contribution in [3.05, 3.63) is 264 Å². The first-order chi connectivity index (χ1) is 46.4. The molecule has 508 valence electrons. The highest BCUT2D eigenvalue weighted by atomic mass is 32.2. The van der Waals surface area contributed by atoms with E-state index in [1.807, 2.05) is 10.9 Å². The third kappa shape index (κ3) is 21.3. The Kier molecular flexibility index (Phi) is 24.4. The lowest BCUT2D eigenvalue weighted by atomic mass is 10.1. The summed E-state index contributed by atoms with van der Waals surface area (Å²) >= 11 is 0. The molecule has 98 heavy (non-hydrogen) atoms. The number of nitrogens with one attached hydrogen (secondary N) is 8. The van der Waals surface area contributed by atoms with E-state index in [9.17, 15) is 83.9 Å². The molecule has 10 N–H and O–H groups in total. The van der Waals surface area contributed by atoms with Crippen molar-refractivity contribution in [1.29, 1.82) is 0 Å². The van der Waals surface area contributed by atoms with Crippen LogP contribution in [0.25, 0.3) is 11.5 Å². The number of carbonyl (C=O) groups excluding carboxylic acids is 4. The topological polar surface area (TPSA) is 344 Å². The second-order valence-corrected chi connectivity index (χ2v) is 24.3. The predicted octanol–water partition coefficient (Wildman–Crippen LogP) is 12.8. The number of nitrogen functional groups attached to an aromatic ring is 1. The number of halogens is 9. The summed E-state index contributed by atoms with van der Waals surface area (Å²) in [4.78, 5) is 45.6. The summed E-state index contributed by atoms with van der Waals surface area (Å²) in [5, 5.41) is 16.3. The number of nitrogens with zero attached hydrogens (tertiary/aromatic N) is 3. The van der Waals surface area contributed by atoms with E-state index in [0.29, 0.717) is 39.6 Å². The van der Waals surface area contributed by atoms with Crippen molar-refractivity contribution in [1.82, 2.24) is 31.2 Å². The number of isocyanates is 1. The van der Waals surface area contributed by atoms with Gasteiger partial charge in [-0.15, -0.1) is 5.10 Å². The largest absolute Gasteiger partial charge is 0.416 e. The van der Waals surface area contributed by atoms with Crippen molar-refractivity contribution in [2.45, 2.75) is 33.2 Å². The molecule has 0 radical (unpaired) electrons. The van der Waals surface area contributed by atoms with E-state index in [1.165, 1.54) is 103 Å². The Bertz CT molecular complexity index is 4770. The summed E-state index contributed by atoms with van der Waals surface area (Å²) < 4.78 is 197. The van der Waals surface area contributed by atoms with Gasteiger partial charge in [-0.3, -0.25) is 20.4 Å². The summed E-state index contributed by atoms with van der Waals surface area (Å²) in [5.74, 6) is 3.81. The van der Waals surface area contributed by atoms with Crippen LogP contribution in [0.4, 0.5) is 84.4 Å². The Morgan fingerprint density at radius 1 is 0.429 bits per heavy atom. The molecule has 0 fully saturated rings. The normalized spacial score (nSPS) is 11.3. The van der Waals surface area contributed by atoms with Gasteiger partial charge in [0, 0.05) is 17.1 Å². The molecule has 0 saturated heterocycles. The molecular weight excluding hydrogens is 1370 g/mol. The Morgan fingerprint density at radius 2 is 0.796 bits per heavy atom. The maximum Gasteiger partial charge on any atom is 0.416 e. The van der Waals surface area contributed by atoms with Gasteiger partial charge < -0.3 is 20.4 Å². The highest BCUT2D eigenvalue weighted by molar-refractivity contribution is 7.92. The van der Waals surface area contributed by atoms with Crippen LogP contribution in [-0.4, -0.2) is 59.4 Å². The number of urea groups is 1. The van der Waals surface area contributed by atoms with Crippen molar-refractivity contribution in [3.8, 4) is 11.5 Å². The molecule has 0 aliphatic heterocycles. The van der Waals surface area contributed by atoms with Crippen LogP contribution in [0.2, 0.25) is 0 Å². The number of hydrogen-bond donors (Lipinski definition) is 9. The number of aromatic nitrogens is 2.